The molecular formula is C20H28O12. The fraction of sp³-hybridized carbons (Fsp3) is 0.700. The molecule has 1 aromatic rings. The highest BCUT2D eigenvalue weighted by molar-refractivity contribution is 5.28. The van der Waals surface area contributed by atoms with E-state index in [0.29, 0.717) is 11.3 Å². The van der Waals surface area contributed by atoms with Crippen LogP contribution in [-0.4, -0.2) is 112 Å². The van der Waals surface area contributed by atoms with E-state index >= 15 is 0 Å². The molecule has 0 amide bonds. The Morgan fingerprint density at radius 2 is 1.72 bits per heavy atom. The smallest absolute Gasteiger partial charge is 0.224 e. The van der Waals surface area contributed by atoms with Crippen molar-refractivity contribution in [3.05, 3.63) is 29.8 Å². The number of methoxy groups -OCH3 is 1. The van der Waals surface area contributed by atoms with Crippen LogP contribution in [0.1, 0.15) is 11.9 Å². The van der Waals surface area contributed by atoms with Gasteiger partial charge in [0.2, 0.25) is 5.79 Å². The molecule has 10 atom stereocenters. The van der Waals surface area contributed by atoms with Gasteiger partial charge in [-0.15, -0.1) is 0 Å². The van der Waals surface area contributed by atoms with Crippen molar-refractivity contribution in [2.75, 3.05) is 26.9 Å². The van der Waals surface area contributed by atoms with Crippen molar-refractivity contribution < 1.29 is 59.1 Å². The third-order valence-corrected chi connectivity index (χ3v) is 5.94. The standard InChI is InChI=1S/C20H28O12/c1-27-10-4-2-9(3-5-10)18-28-7-12-16(30-18)14(24)15(25)19(29-12)32-20(8-22)17(26)13(23)11(6-21)31-20/h2-5,11-19,21-26H,6-8H2,1H3/t11-,12-,13-,14-,15-,16-,17+,18-,19-,20+/m1/s1. The number of fused-ring (bicyclic) bond motifs is 1. The van der Waals surface area contributed by atoms with Gasteiger partial charge in [0.25, 0.3) is 0 Å². The normalized spacial score (nSPS) is 44.3. The zero-order valence-corrected chi connectivity index (χ0v) is 17.3. The zero-order chi connectivity index (χ0) is 23.0. The van der Waals surface area contributed by atoms with Gasteiger partial charge < -0.3 is 59.1 Å². The van der Waals surface area contributed by atoms with Crippen LogP contribution in [0.5, 0.6) is 5.75 Å². The Morgan fingerprint density at radius 1 is 1.00 bits per heavy atom. The summed E-state index contributed by atoms with van der Waals surface area (Å²) in [7, 11) is 1.55. The maximum Gasteiger partial charge on any atom is 0.224 e. The first-order valence-corrected chi connectivity index (χ1v) is 10.2. The fourth-order valence-corrected chi connectivity index (χ4v) is 4.07. The summed E-state index contributed by atoms with van der Waals surface area (Å²) in [6.07, 6.45) is -11.8. The van der Waals surface area contributed by atoms with Crippen LogP contribution in [0, 0.1) is 0 Å². The van der Waals surface area contributed by atoms with Crippen LogP contribution in [0.15, 0.2) is 24.3 Å². The minimum absolute atomic E-state index is 0.0115. The molecular weight excluding hydrogens is 432 g/mol. The van der Waals surface area contributed by atoms with E-state index in [1.54, 1.807) is 31.4 Å². The molecule has 0 saturated carbocycles. The van der Waals surface area contributed by atoms with E-state index in [0.717, 1.165) is 0 Å². The summed E-state index contributed by atoms with van der Waals surface area (Å²) in [5, 5.41) is 60.6. The van der Waals surface area contributed by atoms with E-state index in [-0.39, 0.29) is 6.61 Å². The summed E-state index contributed by atoms with van der Waals surface area (Å²) in [5.74, 6) is -1.52. The van der Waals surface area contributed by atoms with E-state index in [2.05, 4.69) is 0 Å². The maximum absolute atomic E-state index is 10.7. The van der Waals surface area contributed by atoms with E-state index in [4.69, 9.17) is 28.4 Å². The number of hydrogen-bond donors (Lipinski definition) is 6. The topological polar surface area (TPSA) is 177 Å². The molecule has 12 nitrogen and oxygen atoms in total. The highest BCUT2D eigenvalue weighted by Gasteiger charge is 2.59. The predicted molar refractivity (Wildman–Crippen MR) is 102 cm³/mol. The third kappa shape index (κ3) is 4.13. The molecule has 3 heterocycles. The number of aliphatic hydroxyl groups is 6. The van der Waals surface area contributed by atoms with Crippen molar-refractivity contribution in [1.29, 1.82) is 0 Å². The highest BCUT2D eigenvalue weighted by Crippen LogP contribution is 2.39. The lowest BCUT2D eigenvalue weighted by atomic mass is 9.97. The third-order valence-electron chi connectivity index (χ3n) is 5.94. The Morgan fingerprint density at radius 3 is 2.31 bits per heavy atom. The summed E-state index contributed by atoms with van der Waals surface area (Å²) < 4.78 is 33.2. The van der Waals surface area contributed by atoms with Gasteiger partial charge in [-0.2, -0.15) is 0 Å². The lowest BCUT2D eigenvalue weighted by Crippen LogP contribution is -2.64. The molecule has 0 aromatic heterocycles. The highest BCUT2D eigenvalue weighted by atomic mass is 16.8. The van der Waals surface area contributed by atoms with Crippen LogP contribution >= 0.6 is 0 Å². The van der Waals surface area contributed by atoms with Crippen LogP contribution in [0.2, 0.25) is 0 Å². The van der Waals surface area contributed by atoms with E-state index < -0.39 is 74.3 Å². The van der Waals surface area contributed by atoms with Crippen molar-refractivity contribution in [3.63, 3.8) is 0 Å². The second-order valence-corrected chi connectivity index (χ2v) is 7.93. The Hall–Kier alpha value is -1.42. The van der Waals surface area contributed by atoms with E-state index in [1.165, 1.54) is 0 Å². The molecule has 0 aliphatic carbocycles. The van der Waals surface area contributed by atoms with Crippen molar-refractivity contribution in [3.8, 4) is 5.75 Å². The van der Waals surface area contributed by atoms with Crippen LogP contribution in [0.4, 0.5) is 0 Å². The van der Waals surface area contributed by atoms with Gasteiger partial charge in [-0.1, -0.05) is 12.1 Å². The second-order valence-electron chi connectivity index (χ2n) is 7.93. The van der Waals surface area contributed by atoms with Gasteiger partial charge in [-0.3, -0.25) is 0 Å². The Balaban J connectivity index is 1.45. The first-order valence-electron chi connectivity index (χ1n) is 10.2. The molecule has 0 radical (unpaired) electrons. The molecule has 180 valence electrons. The molecule has 0 unspecified atom stereocenters. The van der Waals surface area contributed by atoms with Gasteiger partial charge in [-0.05, 0) is 12.1 Å². The number of hydrogen-bond acceptors (Lipinski definition) is 12. The monoisotopic (exact) mass is 460 g/mol. The predicted octanol–water partition coefficient (Wildman–Crippen LogP) is -2.63. The Labute approximate surface area is 183 Å². The van der Waals surface area contributed by atoms with Crippen LogP contribution < -0.4 is 4.74 Å². The second kappa shape index (κ2) is 9.44. The Kier molecular flexibility index (Phi) is 7.00. The molecule has 32 heavy (non-hydrogen) atoms. The van der Waals surface area contributed by atoms with Gasteiger partial charge in [0.05, 0.1) is 20.3 Å². The first-order chi connectivity index (χ1) is 15.3. The maximum atomic E-state index is 10.7. The molecule has 12 heteroatoms. The van der Waals surface area contributed by atoms with E-state index in [9.17, 15) is 30.6 Å². The van der Waals surface area contributed by atoms with Gasteiger partial charge in [-0.25, -0.2) is 0 Å². The molecule has 1 aromatic carbocycles. The van der Waals surface area contributed by atoms with Crippen LogP contribution in [0.3, 0.4) is 0 Å². The molecule has 3 fully saturated rings. The lowest BCUT2D eigenvalue weighted by Gasteiger charge is -2.47. The largest absolute Gasteiger partial charge is 0.497 e. The van der Waals surface area contributed by atoms with Crippen molar-refractivity contribution in [2.24, 2.45) is 0 Å². The van der Waals surface area contributed by atoms with Gasteiger partial charge in [0, 0.05) is 5.56 Å². The van der Waals surface area contributed by atoms with Crippen LogP contribution in [0.25, 0.3) is 0 Å². The number of ether oxygens (including phenoxy) is 6. The first kappa shape index (κ1) is 23.7. The number of rotatable bonds is 6. The van der Waals surface area contributed by atoms with Crippen molar-refractivity contribution >= 4 is 0 Å². The van der Waals surface area contributed by atoms with Crippen molar-refractivity contribution in [1.82, 2.24) is 0 Å². The molecule has 6 N–H and O–H groups in total. The molecule has 4 rings (SSSR count). The average molecular weight is 460 g/mol. The number of aliphatic hydroxyl groups excluding tert-OH is 6. The zero-order valence-electron chi connectivity index (χ0n) is 17.3. The SMILES string of the molecule is COc1ccc([C@@H]2OC[C@H]3O[C@H](O[C@]4(CO)O[C@H](CO)[C@@H](O)[C@@H]4O)[C@H](O)[C@@H](O)[C@@H]3O2)cc1. The molecule has 0 spiro atoms. The minimum Gasteiger partial charge on any atom is -0.497 e. The van der Waals surface area contributed by atoms with Gasteiger partial charge >= 0.3 is 0 Å². The molecule has 3 aliphatic heterocycles. The van der Waals surface area contributed by atoms with Gasteiger partial charge in [0.1, 0.15) is 55.1 Å². The fourth-order valence-electron chi connectivity index (χ4n) is 4.07. The summed E-state index contributed by atoms with van der Waals surface area (Å²) in [5.41, 5.74) is 0.676. The molecule has 0 bridgehead atoms. The minimum atomic E-state index is -2.17. The summed E-state index contributed by atoms with van der Waals surface area (Å²) in [4.78, 5) is 0. The Bertz CT molecular complexity index is 759. The quantitative estimate of drug-likeness (QED) is 0.261. The molecule has 3 saturated heterocycles. The summed E-state index contributed by atoms with van der Waals surface area (Å²) >= 11 is 0. The molecule has 3 aliphatic rings. The van der Waals surface area contributed by atoms with Crippen LogP contribution in [-0.2, 0) is 23.7 Å². The summed E-state index contributed by atoms with van der Waals surface area (Å²) in [6, 6.07) is 6.95. The van der Waals surface area contributed by atoms with Crippen molar-refractivity contribution in [2.45, 2.75) is 61.1 Å². The summed E-state index contributed by atoms with van der Waals surface area (Å²) in [6.45, 7) is -1.56. The average Bonchev–Trinajstić information content (AvgIpc) is 3.07. The lowest BCUT2D eigenvalue weighted by molar-refractivity contribution is -0.406. The number of benzene rings is 1. The van der Waals surface area contributed by atoms with E-state index in [1.807, 2.05) is 0 Å². The van der Waals surface area contributed by atoms with Gasteiger partial charge in [0.15, 0.2) is 12.6 Å².